The first-order chi connectivity index (χ1) is 7.16. The molecular weight excluding hydrogens is 296 g/mol. The predicted molar refractivity (Wildman–Crippen MR) is 67.0 cm³/mol. The molecule has 0 bridgehead atoms. The molecule has 0 saturated carbocycles. The maximum Gasteiger partial charge on any atom is 0.251 e. The minimum atomic E-state index is -0.165. The Morgan fingerprint density at radius 2 is 2.33 bits per heavy atom. The van der Waals surface area contributed by atoms with Crippen molar-refractivity contribution in [3.05, 3.63) is 48.2 Å². The molecule has 3 nitrogen and oxygen atoms in total. The Labute approximate surface area is 104 Å². The summed E-state index contributed by atoms with van der Waals surface area (Å²) < 4.78 is 3.34. The molecule has 0 fully saturated rings. The highest BCUT2D eigenvalue weighted by Gasteiger charge is 2.02. The van der Waals surface area contributed by atoms with Gasteiger partial charge in [0, 0.05) is 21.6 Å². The number of aromatic amines is 1. The van der Waals surface area contributed by atoms with E-state index in [1.807, 2.05) is 16.0 Å². The molecule has 78 valence electrons. The number of nitrogens with zero attached hydrogens (tertiary/aromatic N) is 1. The van der Waals surface area contributed by atoms with Gasteiger partial charge in [0.15, 0.2) is 4.77 Å². The van der Waals surface area contributed by atoms with Gasteiger partial charge in [-0.2, -0.15) is 0 Å². The van der Waals surface area contributed by atoms with Crippen molar-refractivity contribution >= 4 is 39.5 Å². The third kappa shape index (κ3) is 2.45. The molecule has 0 aliphatic carbocycles. The topological polar surface area (TPSA) is 37.8 Å². The molecule has 2 heterocycles. The van der Waals surface area contributed by atoms with E-state index in [9.17, 15) is 4.79 Å². The van der Waals surface area contributed by atoms with Gasteiger partial charge in [-0.3, -0.25) is 9.78 Å². The van der Waals surface area contributed by atoms with E-state index in [0.29, 0.717) is 11.3 Å². The summed E-state index contributed by atoms with van der Waals surface area (Å²) in [6.07, 6.45) is 1.70. The van der Waals surface area contributed by atoms with Crippen LogP contribution in [0, 0.1) is 4.77 Å². The van der Waals surface area contributed by atoms with Crippen LogP contribution in [0.1, 0.15) is 4.88 Å². The first-order valence-corrected chi connectivity index (χ1v) is 6.26. The summed E-state index contributed by atoms with van der Waals surface area (Å²) in [5.74, 6) is 0. The van der Waals surface area contributed by atoms with Gasteiger partial charge in [-0.25, -0.2) is 0 Å². The molecule has 0 amide bonds. The first kappa shape index (κ1) is 10.8. The fourth-order valence-electron chi connectivity index (χ4n) is 1.16. The fourth-order valence-corrected chi connectivity index (χ4v) is 2.86. The van der Waals surface area contributed by atoms with E-state index < -0.39 is 0 Å². The summed E-state index contributed by atoms with van der Waals surface area (Å²) in [4.78, 5) is 14.7. The number of hydrogen-bond donors (Lipinski definition) is 1. The summed E-state index contributed by atoms with van der Waals surface area (Å²) in [6.45, 7) is 0.674. The second-order valence-electron chi connectivity index (χ2n) is 2.93. The quantitative estimate of drug-likeness (QED) is 0.866. The molecule has 2 aromatic heterocycles. The van der Waals surface area contributed by atoms with Crippen molar-refractivity contribution in [2.75, 3.05) is 0 Å². The van der Waals surface area contributed by atoms with Crippen molar-refractivity contribution in [1.29, 1.82) is 0 Å². The van der Waals surface area contributed by atoms with Gasteiger partial charge in [0.2, 0.25) is 0 Å². The molecule has 0 spiro atoms. The van der Waals surface area contributed by atoms with Gasteiger partial charge < -0.3 is 4.57 Å². The summed E-state index contributed by atoms with van der Waals surface area (Å²) in [7, 11) is 0. The van der Waals surface area contributed by atoms with Gasteiger partial charge in [-0.1, -0.05) is 0 Å². The highest BCUT2D eigenvalue weighted by atomic mass is 79.9. The molecule has 0 aromatic carbocycles. The number of aromatic nitrogens is 2. The van der Waals surface area contributed by atoms with E-state index in [1.54, 1.807) is 17.5 Å². The molecule has 0 saturated heterocycles. The molecule has 6 heteroatoms. The normalized spacial score (nSPS) is 10.5. The summed E-state index contributed by atoms with van der Waals surface area (Å²) in [5.41, 5.74) is -0.165. The first-order valence-electron chi connectivity index (χ1n) is 4.18. The molecule has 2 aromatic rings. The van der Waals surface area contributed by atoms with Crippen molar-refractivity contribution in [2.45, 2.75) is 6.54 Å². The van der Waals surface area contributed by atoms with E-state index >= 15 is 0 Å². The van der Waals surface area contributed by atoms with Gasteiger partial charge in [-0.05, 0) is 39.6 Å². The van der Waals surface area contributed by atoms with Crippen LogP contribution < -0.4 is 5.56 Å². The van der Waals surface area contributed by atoms with Gasteiger partial charge in [0.1, 0.15) is 0 Å². The molecule has 0 atom stereocenters. The Balaban J connectivity index is 2.37. The van der Waals surface area contributed by atoms with Crippen LogP contribution in [0.3, 0.4) is 0 Å². The van der Waals surface area contributed by atoms with Gasteiger partial charge in [0.25, 0.3) is 5.56 Å². The van der Waals surface area contributed by atoms with Crippen molar-refractivity contribution in [2.24, 2.45) is 0 Å². The SMILES string of the molecule is O=c1ccn(Cc2sccc2Br)c(=S)[nH]1. The second kappa shape index (κ2) is 4.42. The van der Waals surface area contributed by atoms with Crippen LogP contribution in [-0.4, -0.2) is 9.55 Å². The van der Waals surface area contributed by atoms with Crippen molar-refractivity contribution < 1.29 is 0 Å². The average molecular weight is 303 g/mol. The van der Waals surface area contributed by atoms with Crippen molar-refractivity contribution in [1.82, 2.24) is 9.55 Å². The van der Waals surface area contributed by atoms with Crippen LogP contribution in [0.4, 0.5) is 0 Å². The Morgan fingerprint density at radius 3 is 2.93 bits per heavy atom. The molecule has 2 rings (SSSR count). The lowest BCUT2D eigenvalue weighted by atomic mass is 10.4. The van der Waals surface area contributed by atoms with E-state index in [2.05, 4.69) is 20.9 Å². The zero-order chi connectivity index (χ0) is 10.8. The Morgan fingerprint density at radius 1 is 1.53 bits per heavy atom. The average Bonchev–Trinajstić information content (AvgIpc) is 2.57. The van der Waals surface area contributed by atoms with Gasteiger partial charge in [0.05, 0.1) is 6.54 Å². The smallest absolute Gasteiger partial charge is 0.251 e. The number of nitrogens with one attached hydrogen (secondary N) is 1. The van der Waals surface area contributed by atoms with Crippen molar-refractivity contribution in [3.8, 4) is 0 Å². The van der Waals surface area contributed by atoms with Gasteiger partial charge in [-0.15, -0.1) is 11.3 Å². The summed E-state index contributed by atoms with van der Waals surface area (Å²) >= 11 is 10.2. The largest absolute Gasteiger partial charge is 0.320 e. The number of hydrogen-bond acceptors (Lipinski definition) is 3. The lowest BCUT2D eigenvalue weighted by Gasteiger charge is -2.04. The number of rotatable bonds is 2. The molecule has 0 radical (unpaired) electrons. The standard InChI is InChI=1S/C9H7BrN2OS2/c10-6-2-4-15-7(6)5-12-3-1-8(13)11-9(12)14/h1-4H,5H2,(H,11,13,14). The second-order valence-corrected chi connectivity index (χ2v) is 5.17. The molecule has 0 aliphatic rings. The molecule has 15 heavy (non-hydrogen) atoms. The Hall–Kier alpha value is -0.720. The zero-order valence-electron chi connectivity index (χ0n) is 7.57. The summed E-state index contributed by atoms with van der Waals surface area (Å²) in [6, 6.07) is 3.46. The monoisotopic (exact) mass is 302 g/mol. The summed E-state index contributed by atoms with van der Waals surface area (Å²) in [5, 5.41) is 2.01. The fraction of sp³-hybridized carbons (Fsp3) is 0.111. The minimum Gasteiger partial charge on any atom is -0.320 e. The lowest BCUT2D eigenvalue weighted by Crippen LogP contribution is -2.11. The highest BCUT2D eigenvalue weighted by Crippen LogP contribution is 2.23. The lowest BCUT2D eigenvalue weighted by molar-refractivity contribution is 0.752. The van der Waals surface area contributed by atoms with E-state index in [-0.39, 0.29) is 5.56 Å². The van der Waals surface area contributed by atoms with E-state index in [1.165, 1.54) is 10.9 Å². The third-order valence-electron chi connectivity index (χ3n) is 1.90. The van der Waals surface area contributed by atoms with Crippen molar-refractivity contribution in [3.63, 3.8) is 0 Å². The maximum atomic E-state index is 11.0. The predicted octanol–water partition coefficient (Wildman–Crippen LogP) is 2.78. The van der Waals surface area contributed by atoms with Crippen LogP contribution in [-0.2, 0) is 6.54 Å². The zero-order valence-corrected chi connectivity index (χ0v) is 10.8. The molecular formula is C9H7BrN2OS2. The van der Waals surface area contributed by atoms with E-state index in [0.717, 1.165) is 4.47 Å². The third-order valence-corrected chi connectivity index (χ3v) is 4.15. The van der Waals surface area contributed by atoms with Crippen LogP contribution >= 0.6 is 39.5 Å². The molecule has 0 aliphatic heterocycles. The van der Waals surface area contributed by atoms with Crippen LogP contribution in [0.25, 0.3) is 0 Å². The molecule has 1 N–H and O–H groups in total. The van der Waals surface area contributed by atoms with Crippen LogP contribution in [0.15, 0.2) is 33.0 Å². The maximum absolute atomic E-state index is 11.0. The Bertz CT molecular complexity index is 584. The number of H-pyrrole nitrogens is 1. The van der Waals surface area contributed by atoms with Gasteiger partial charge >= 0.3 is 0 Å². The minimum absolute atomic E-state index is 0.165. The van der Waals surface area contributed by atoms with Crippen LogP contribution in [0.5, 0.6) is 0 Å². The highest BCUT2D eigenvalue weighted by molar-refractivity contribution is 9.10. The number of halogens is 1. The van der Waals surface area contributed by atoms with Crippen LogP contribution in [0.2, 0.25) is 0 Å². The Kier molecular flexibility index (Phi) is 3.18. The number of thiophene rings is 1. The molecule has 0 unspecified atom stereocenters. The van der Waals surface area contributed by atoms with E-state index in [4.69, 9.17) is 12.2 Å².